The van der Waals surface area contributed by atoms with E-state index in [1.807, 2.05) is 0 Å². The third kappa shape index (κ3) is 11.7. The molecule has 86 heavy (non-hydrogen) atoms. The smallest absolute Gasteiger partial charge is 0.340 e. The van der Waals surface area contributed by atoms with Crippen molar-refractivity contribution in [3.8, 4) is 0 Å². The summed E-state index contributed by atoms with van der Waals surface area (Å²) in [5.74, 6) is -0.297. The van der Waals surface area contributed by atoms with Gasteiger partial charge in [0.25, 0.3) is 0 Å². The van der Waals surface area contributed by atoms with Crippen LogP contribution in [0.25, 0.3) is 11.1 Å². The minimum Gasteiger partial charge on any atom is -0.442 e. The first-order chi connectivity index (χ1) is 42.5. The average molecular weight is 1130 g/mol. The molecule has 0 aliphatic carbocycles. The van der Waals surface area contributed by atoms with Crippen LogP contribution in [0.1, 0.15) is 134 Å². The predicted molar refractivity (Wildman–Crippen MR) is 356 cm³/mol. The fraction of sp³-hybridized carbons (Fsp3) is 0.263. The highest BCUT2D eigenvalue weighted by Gasteiger charge is 2.48. The highest BCUT2D eigenvalue weighted by molar-refractivity contribution is 6.01. The molecule has 0 radical (unpaired) electrons. The highest BCUT2D eigenvalue weighted by Crippen LogP contribution is 2.51. The van der Waals surface area contributed by atoms with E-state index in [2.05, 4.69) is 250 Å². The molecule has 0 bridgehead atoms. The maximum atomic E-state index is 16.5. The van der Waals surface area contributed by atoms with Crippen LogP contribution in [-0.4, -0.2) is 58.3 Å². The third-order valence-corrected chi connectivity index (χ3v) is 19.0. The van der Waals surface area contributed by atoms with Crippen LogP contribution in [0.4, 0.5) is 22.7 Å². The molecule has 9 aromatic carbocycles. The van der Waals surface area contributed by atoms with Crippen molar-refractivity contribution in [3.63, 3.8) is 0 Å². The highest BCUT2D eigenvalue weighted by atomic mass is 16.6. The first-order valence-corrected chi connectivity index (χ1v) is 31.9. The molecule has 5 aliphatic rings. The molecule has 0 atom stereocenters. The predicted octanol–water partition coefficient (Wildman–Crippen LogP) is 17.1. The van der Waals surface area contributed by atoms with Crippen molar-refractivity contribution in [2.45, 2.75) is 82.7 Å². The maximum absolute atomic E-state index is 16.5. The Hall–Kier alpha value is -8.87. The Morgan fingerprint density at radius 3 is 0.872 bits per heavy atom. The zero-order chi connectivity index (χ0) is 57.7. The molecule has 5 aliphatic heterocycles. The molecule has 6 nitrogen and oxygen atoms in total. The number of hydrogen-bond donors (Lipinski definition) is 0. The van der Waals surface area contributed by atoms with Gasteiger partial charge in [-0.3, -0.25) is 0 Å². The SMILES string of the molecule is O=C1OC(C=C(c2ccc(N3CCCC3)cc2)c2ccc(N3CCCC3)cc2)(C=C(c2ccc(N3CCCC3)cc2)c2ccc(N3CCCC3)cc2)c2c(Cc3ccccc3)c(Cc3ccccc3)c(Cc3ccccc3)c(Cc3ccccc3)c21. The Morgan fingerprint density at radius 2 is 0.581 bits per heavy atom. The first-order valence-electron chi connectivity index (χ1n) is 31.9. The van der Waals surface area contributed by atoms with Gasteiger partial charge in [-0.2, -0.15) is 0 Å². The van der Waals surface area contributed by atoms with Gasteiger partial charge < -0.3 is 24.3 Å². The quantitative estimate of drug-likeness (QED) is 0.0798. The molecule has 9 aromatic rings. The maximum Gasteiger partial charge on any atom is 0.340 e. The molecule has 6 heteroatoms. The van der Waals surface area contributed by atoms with E-state index in [0.717, 1.165) is 108 Å². The minimum atomic E-state index is -1.44. The Labute approximate surface area is 509 Å². The van der Waals surface area contributed by atoms with E-state index in [9.17, 15) is 0 Å². The zero-order valence-electron chi connectivity index (χ0n) is 49.7. The van der Waals surface area contributed by atoms with Crippen LogP contribution in [0.5, 0.6) is 0 Å². The number of carbonyl (C=O) groups excluding carboxylic acids is 1. The van der Waals surface area contributed by atoms with Crippen LogP contribution in [0.3, 0.4) is 0 Å². The fourth-order valence-electron chi connectivity index (χ4n) is 14.5. The molecule has 0 amide bonds. The lowest BCUT2D eigenvalue weighted by molar-refractivity contribution is 0.0298. The van der Waals surface area contributed by atoms with E-state index < -0.39 is 5.60 Å². The summed E-state index contributed by atoms with van der Waals surface area (Å²) in [4.78, 5) is 26.6. The van der Waals surface area contributed by atoms with Crippen LogP contribution >= 0.6 is 0 Å². The Morgan fingerprint density at radius 1 is 0.326 bits per heavy atom. The second-order valence-electron chi connectivity index (χ2n) is 24.6. The molecule has 5 heterocycles. The molecule has 0 spiro atoms. The van der Waals surface area contributed by atoms with Gasteiger partial charge in [0.15, 0.2) is 5.60 Å². The lowest BCUT2D eigenvalue weighted by Gasteiger charge is -2.31. The van der Waals surface area contributed by atoms with Gasteiger partial charge in [-0.25, -0.2) is 4.79 Å². The van der Waals surface area contributed by atoms with Crippen LogP contribution < -0.4 is 19.6 Å². The van der Waals surface area contributed by atoms with Gasteiger partial charge in [0.2, 0.25) is 0 Å². The number of ether oxygens (including phenoxy) is 1. The van der Waals surface area contributed by atoms with Gasteiger partial charge >= 0.3 is 5.97 Å². The van der Waals surface area contributed by atoms with Crippen LogP contribution in [0, 0.1) is 0 Å². The van der Waals surface area contributed by atoms with Crippen LogP contribution in [-0.2, 0) is 36.0 Å². The molecule has 0 saturated carbocycles. The fourth-order valence-corrected chi connectivity index (χ4v) is 14.5. The summed E-state index contributed by atoms with van der Waals surface area (Å²) in [5.41, 5.74) is 20.8. The first kappa shape index (κ1) is 55.0. The molecule has 4 fully saturated rings. The lowest BCUT2D eigenvalue weighted by Crippen LogP contribution is -2.26. The van der Waals surface area contributed by atoms with Crippen molar-refractivity contribution in [1.29, 1.82) is 0 Å². The second-order valence-corrected chi connectivity index (χ2v) is 24.6. The summed E-state index contributed by atoms with van der Waals surface area (Å²) >= 11 is 0. The number of rotatable bonds is 18. The van der Waals surface area contributed by atoms with Gasteiger partial charge in [-0.1, -0.05) is 170 Å². The lowest BCUT2D eigenvalue weighted by atomic mass is 9.73. The number of hydrogen-bond acceptors (Lipinski definition) is 6. The van der Waals surface area contributed by atoms with Gasteiger partial charge in [-0.05, 0) is 216 Å². The monoisotopic (exact) mass is 1130 g/mol. The van der Waals surface area contributed by atoms with E-state index >= 15 is 4.79 Å². The van der Waals surface area contributed by atoms with Crippen LogP contribution in [0.15, 0.2) is 231 Å². The van der Waals surface area contributed by atoms with Gasteiger partial charge in [0, 0.05) is 80.7 Å². The normalized spacial score (nSPS) is 16.2. The standard InChI is InChI=1S/C80H78N4O2/c85-79-77-73(55-61-25-9-3-10-26-61)71(53-59-21-5-1-6-22-59)72(54-60-23-7-2-8-24-60)74(56-62-27-11-4-12-28-62)78(77)80(86-79,57-75(63-29-37-67(38-30-63)81-45-13-14-46-81)64-31-39-68(40-32-64)82-47-15-16-48-82)58-76(65-33-41-69(42-34-65)83-49-17-18-50-83)66-35-43-70(44-36-66)84-51-19-20-52-84/h1-12,21-44,57-58H,13-20,45-56H2. The number of benzene rings is 9. The number of anilines is 4. The van der Waals surface area contributed by atoms with Crippen molar-refractivity contribution < 1.29 is 9.53 Å². The molecule has 0 aromatic heterocycles. The summed E-state index contributed by atoms with van der Waals surface area (Å²) in [7, 11) is 0. The van der Waals surface area contributed by atoms with E-state index in [1.54, 1.807) is 0 Å². The van der Waals surface area contributed by atoms with Crippen molar-refractivity contribution >= 4 is 39.9 Å². The number of esters is 1. The largest absolute Gasteiger partial charge is 0.442 e. The molecule has 4 saturated heterocycles. The summed E-state index contributed by atoms with van der Waals surface area (Å²) in [5, 5.41) is 0. The minimum absolute atomic E-state index is 0.297. The number of fused-ring (bicyclic) bond motifs is 1. The van der Waals surface area contributed by atoms with Crippen molar-refractivity contribution in [2.24, 2.45) is 0 Å². The Bertz CT molecular complexity index is 3580. The van der Waals surface area contributed by atoms with Gasteiger partial charge in [0.05, 0.1) is 5.56 Å². The second kappa shape index (κ2) is 25.0. The molecule has 14 rings (SSSR count). The summed E-state index contributed by atoms with van der Waals surface area (Å²) < 4.78 is 7.73. The third-order valence-electron chi connectivity index (χ3n) is 19.0. The van der Waals surface area contributed by atoms with E-state index in [-0.39, 0.29) is 5.97 Å². The molecule has 0 unspecified atom stereocenters. The van der Waals surface area contributed by atoms with Crippen molar-refractivity contribution in [1.82, 2.24) is 0 Å². The molecule has 430 valence electrons. The van der Waals surface area contributed by atoms with Gasteiger partial charge in [0.1, 0.15) is 0 Å². The Balaban J connectivity index is 1.10. The van der Waals surface area contributed by atoms with Crippen molar-refractivity contribution in [2.75, 3.05) is 72.0 Å². The van der Waals surface area contributed by atoms with Crippen LogP contribution in [0.2, 0.25) is 0 Å². The molecule has 0 N–H and O–H groups in total. The summed E-state index contributed by atoms with van der Waals surface area (Å²) in [6.07, 6.45) is 16.9. The van der Waals surface area contributed by atoms with E-state index in [1.165, 1.54) is 102 Å². The van der Waals surface area contributed by atoms with E-state index in [4.69, 9.17) is 4.74 Å². The zero-order valence-corrected chi connectivity index (χ0v) is 49.7. The molecular weight excluding hydrogens is 1050 g/mol. The summed E-state index contributed by atoms with van der Waals surface area (Å²) in [6, 6.07) is 80.5. The number of nitrogens with zero attached hydrogens (tertiary/aromatic N) is 4. The topological polar surface area (TPSA) is 39.3 Å². The Kier molecular flexibility index (Phi) is 16.0. The van der Waals surface area contributed by atoms with Gasteiger partial charge in [-0.15, -0.1) is 0 Å². The van der Waals surface area contributed by atoms with E-state index in [0.29, 0.717) is 31.2 Å². The molecular formula is C80H78N4O2. The number of cyclic esters (lactones) is 1. The number of carbonyl (C=O) groups is 1. The van der Waals surface area contributed by atoms with Crippen molar-refractivity contribution in [3.05, 3.63) is 308 Å². The average Bonchev–Trinajstić information content (AvgIpc) is 1.54. The summed E-state index contributed by atoms with van der Waals surface area (Å²) in [6.45, 7) is 8.51.